The van der Waals surface area contributed by atoms with Crippen LogP contribution in [0, 0.1) is 17.8 Å². The fraction of sp³-hybridized carbons (Fsp3) is 0.462. The van der Waals surface area contributed by atoms with E-state index < -0.39 is 5.97 Å². The minimum atomic E-state index is -1.04. The molecule has 2 aliphatic rings. The molecule has 1 aromatic rings. The zero-order valence-electron chi connectivity index (χ0n) is 10.2. The van der Waals surface area contributed by atoms with Gasteiger partial charge in [-0.1, -0.05) is 12.2 Å². The Morgan fingerprint density at radius 1 is 1.42 bits per heavy atom. The van der Waals surface area contributed by atoms with Crippen molar-refractivity contribution in [1.29, 1.82) is 0 Å². The number of allylic oxidation sites excluding steroid dienone is 2. The largest absolute Gasteiger partial charge is 0.476 e. The summed E-state index contributed by atoms with van der Waals surface area (Å²) in [5.74, 6) is 0.0556. The minimum Gasteiger partial charge on any atom is -0.476 e. The number of aromatic nitrogens is 1. The Morgan fingerprint density at radius 3 is 2.84 bits per heavy atom. The van der Waals surface area contributed by atoms with Crippen LogP contribution < -0.4 is 5.32 Å². The molecule has 0 spiro atoms. The maximum atomic E-state index is 12.1. The van der Waals surface area contributed by atoms with Gasteiger partial charge < -0.3 is 10.4 Å². The molecule has 0 aliphatic heterocycles. The van der Waals surface area contributed by atoms with E-state index in [0.29, 0.717) is 23.4 Å². The van der Waals surface area contributed by atoms with E-state index in [1.54, 1.807) is 0 Å². The predicted octanol–water partition coefficient (Wildman–Crippen LogP) is 1.67. The number of carboxylic acid groups (broad SMARTS) is 1. The maximum absolute atomic E-state index is 12.1. The highest BCUT2D eigenvalue weighted by atomic mass is 32.1. The van der Waals surface area contributed by atoms with Crippen molar-refractivity contribution in [3.05, 3.63) is 28.2 Å². The number of carbonyl (C=O) groups is 2. The first kappa shape index (κ1) is 12.3. The SMILES string of the molecule is O=C(O)c1csc(CNC(=O)C2CC3C=CC2C3)n1. The second-order valence-electron chi connectivity index (χ2n) is 5.04. The van der Waals surface area contributed by atoms with Gasteiger partial charge in [0, 0.05) is 11.3 Å². The Morgan fingerprint density at radius 2 is 2.26 bits per heavy atom. The van der Waals surface area contributed by atoms with Crippen molar-refractivity contribution < 1.29 is 14.7 Å². The van der Waals surface area contributed by atoms with Crippen LogP contribution in [0.5, 0.6) is 0 Å². The lowest BCUT2D eigenvalue weighted by Crippen LogP contribution is -2.32. The van der Waals surface area contributed by atoms with E-state index >= 15 is 0 Å². The molecule has 3 rings (SSSR count). The number of amides is 1. The van der Waals surface area contributed by atoms with Gasteiger partial charge in [0.05, 0.1) is 6.54 Å². The average Bonchev–Trinajstić information content (AvgIpc) is 3.11. The lowest BCUT2D eigenvalue weighted by atomic mass is 9.93. The van der Waals surface area contributed by atoms with Crippen molar-refractivity contribution in [3.63, 3.8) is 0 Å². The summed E-state index contributed by atoms with van der Waals surface area (Å²) in [5.41, 5.74) is 0.0390. The molecule has 0 radical (unpaired) electrons. The van der Waals surface area contributed by atoms with E-state index in [1.807, 2.05) is 0 Å². The van der Waals surface area contributed by atoms with Crippen molar-refractivity contribution in [2.75, 3.05) is 0 Å². The second-order valence-corrected chi connectivity index (χ2v) is 5.98. The van der Waals surface area contributed by atoms with E-state index in [4.69, 9.17) is 5.11 Å². The van der Waals surface area contributed by atoms with Gasteiger partial charge in [0.25, 0.3) is 0 Å². The highest BCUT2D eigenvalue weighted by Crippen LogP contribution is 2.43. The zero-order chi connectivity index (χ0) is 13.4. The molecule has 1 fully saturated rings. The van der Waals surface area contributed by atoms with E-state index in [9.17, 15) is 9.59 Å². The van der Waals surface area contributed by atoms with E-state index in [0.717, 1.165) is 12.8 Å². The first-order valence-electron chi connectivity index (χ1n) is 6.27. The molecule has 1 saturated carbocycles. The standard InChI is InChI=1S/C13H14N2O3S/c16-12(9-4-7-1-2-8(9)3-7)14-5-11-15-10(6-19-11)13(17)18/h1-2,6-9H,3-5H2,(H,14,16)(H,17,18). The number of hydrogen-bond donors (Lipinski definition) is 2. The average molecular weight is 278 g/mol. The molecule has 0 aromatic carbocycles. The number of fused-ring (bicyclic) bond motifs is 2. The molecular formula is C13H14N2O3S. The number of nitrogens with zero attached hydrogens (tertiary/aromatic N) is 1. The van der Waals surface area contributed by atoms with Gasteiger partial charge in [-0.2, -0.15) is 0 Å². The molecule has 2 N–H and O–H groups in total. The molecule has 3 atom stereocenters. The summed E-state index contributed by atoms with van der Waals surface area (Å²) in [5, 5.41) is 13.7. The van der Waals surface area contributed by atoms with Gasteiger partial charge >= 0.3 is 5.97 Å². The molecular weight excluding hydrogens is 264 g/mol. The van der Waals surface area contributed by atoms with Gasteiger partial charge in [-0.15, -0.1) is 11.3 Å². The fourth-order valence-electron chi connectivity index (χ4n) is 2.87. The molecule has 5 nitrogen and oxygen atoms in total. The van der Waals surface area contributed by atoms with Gasteiger partial charge in [0.15, 0.2) is 5.69 Å². The quantitative estimate of drug-likeness (QED) is 0.821. The monoisotopic (exact) mass is 278 g/mol. The predicted molar refractivity (Wildman–Crippen MR) is 69.8 cm³/mol. The summed E-state index contributed by atoms with van der Waals surface area (Å²) in [7, 11) is 0. The van der Waals surface area contributed by atoms with E-state index in [2.05, 4.69) is 22.5 Å². The van der Waals surface area contributed by atoms with E-state index in [1.165, 1.54) is 16.7 Å². The molecule has 1 aromatic heterocycles. The van der Waals surface area contributed by atoms with Crippen LogP contribution in [0.1, 0.15) is 28.3 Å². The van der Waals surface area contributed by atoms with Crippen LogP contribution in [0.3, 0.4) is 0 Å². The molecule has 0 saturated heterocycles. The summed E-state index contributed by atoms with van der Waals surface area (Å²) in [6, 6.07) is 0. The topological polar surface area (TPSA) is 79.3 Å². The number of carboxylic acids is 1. The molecule has 19 heavy (non-hydrogen) atoms. The van der Waals surface area contributed by atoms with Crippen molar-refractivity contribution in [2.24, 2.45) is 17.8 Å². The van der Waals surface area contributed by atoms with Crippen molar-refractivity contribution in [2.45, 2.75) is 19.4 Å². The van der Waals surface area contributed by atoms with Crippen LogP contribution in [0.15, 0.2) is 17.5 Å². The molecule has 6 heteroatoms. The first-order valence-corrected chi connectivity index (χ1v) is 7.15. The summed E-state index contributed by atoms with van der Waals surface area (Å²) < 4.78 is 0. The third kappa shape index (κ3) is 2.40. The molecule has 2 bridgehead atoms. The summed E-state index contributed by atoms with van der Waals surface area (Å²) in [6.07, 6.45) is 6.38. The van der Waals surface area contributed by atoms with Crippen molar-refractivity contribution in [1.82, 2.24) is 10.3 Å². The zero-order valence-corrected chi connectivity index (χ0v) is 11.0. The summed E-state index contributed by atoms with van der Waals surface area (Å²) >= 11 is 1.26. The molecule has 1 amide bonds. The van der Waals surface area contributed by atoms with Gasteiger partial charge in [-0.25, -0.2) is 9.78 Å². The molecule has 1 heterocycles. The highest BCUT2D eigenvalue weighted by molar-refractivity contribution is 7.09. The lowest BCUT2D eigenvalue weighted by Gasteiger charge is -2.16. The van der Waals surface area contributed by atoms with Crippen LogP contribution in [0.4, 0.5) is 0 Å². The van der Waals surface area contributed by atoms with Crippen LogP contribution >= 0.6 is 11.3 Å². The number of hydrogen-bond acceptors (Lipinski definition) is 4. The molecule has 3 unspecified atom stereocenters. The van der Waals surface area contributed by atoms with Crippen LogP contribution in [0.25, 0.3) is 0 Å². The first-order chi connectivity index (χ1) is 9.13. The Bertz CT molecular complexity index is 552. The number of aromatic carboxylic acids is 1. The second kappa shape index (κ2) is 4.77. The third-order valence-corrected chi connectivity index (χ3v) is 4.65. The van der Waals surface area contributed by atoms with Gasteiger partial charge in [0.2, 0.25) is 5.91 Å². The summed E-state index contributed by atoms with van der Waals surface area (Å²) in [4.78, 5) is 26.7. The Balaban J connectivity index is 1.55. The fourth-order valence-corrected chi connectivity index (χ4v) is 3.57. The van der Waals surface area contributed by atoms with Crippen LogP contribution in [-0.4, -0.2) is 22.0 Å². The Labute approximate surface area is 114 Å². The Hall–Kier alpha value is -1.69. The maximum Gasteiger partial charge on any atom is 0.355 e. The number of thiazole rings is 1. The normalized spacial score (nSPS) is 27.7. The number of nitrogens with one attached hydrogen (secondary N) is 1. The Kier molecular flexibility index (Phi) is 3.10. The van der Waals surface area contributed by atoms with Gasteiger partial charge in [-0.05, 0) is 24.7 Å². The van der Waals surface area contributed by atoms with Crippen molar-refractivity contribution >= 4 is 23.2 Å². The molecule has 100 valence electrons. The van der Waals surface area contributed by atoms with E-state index in [-0.39, 0.29) is 17.5 Å². The lowest BCUT2D eigenvalue weighted by molar-refractivity contribution is -0.125. The van der Waals surface area contributed by atoms with Crippen molar-refractivity contribution in [3.8, 4) is 0 Å². The minimum absolute atomic E-state index is 0.0390. The van der Waals surface area contributed by atoms with Crippen LogP contribution in [-0.2, 0) is 11.3 Å². The number of rotatable bonds is 4. The van der Waals surface area contributed by atoms with Gasteiger partial charge in [0.1, 0.15) is 5.01 Å². The van der Waals surface area contributed by atoms with Crippen LogP contribution in [0.2, 0.25) is 0 Å². The smallest absolute Gasteiger partial charge is 0.355 e. The molecule has 2 aliphatic carbocycles. The van der Waals surface area contributed by atoms with Gasteiger partial charge in [-0.3, -0.25) is 4.79 Å². The summed E-state index contributed by atoms with van der Waals surface area (Å²) in [6.45, 7) is 0.314. The third-order valence-electron chi connectivity index (χ3n) is 3.80. The number of carbonyl (C=O) groups excluding carboxylic acids is 1. The highest BCUT2D eigenvalue weighted by Gasteiger charge is 2.39.